The van der Waals surface area contributed by atoms with Crippen LogP contribution >= 0.6 is 0 Å². The molecule has 2 aromatic rings. The van der Waals surface area contributed by atoms with Gasteiger partial charge >= 0.3 is 6.18 Å². The number of halogens is 3. The molecule has 0 spiro atoms. The Hall–Kier alpha value is -2.26. The summed E-state index contributed by atoms with van der Waals surface area (Å²) in [6.07, 6.45) is -4.46. The average molecular weight is 375 g/mol. The van der Waals surface area contributed by atoms with E-state index in [1.54, 1.807) is 0 Å². The average Bonchev–Trinajstić information content (AvgIpc) is 2.58. The van der Waals surface area contributed by atoms with Crippen LogP contribution in [0.1, 0.15) is 5.56 Å². The Morgan fingerprint density at radius 1 is 1.04 bits per heavy atom. The number of alkyl halides is 3. The molecule has 0 saturated carbocycles. The molecule has 1 N–H and O–H groups in total. The highest BCUT2D eigenvalue weighted by molar-refractivity contribution is 7.89. The maximum Gasteiger partial charge on any atom is 0.416 e. The fraction of sp³-hybridized carbons (Fsp3) is 0.250. The third-order valence-electron chi connectivity index (χ3n) is 3.19. The number of benzene rings is 2. The number of hydrogen-bond donors (Lipinski definition) is 1. The third kappa shape index (κ3) is 5.36. The molecule has 0 unspecified atom stereocenters. The summed E-state index contributed by atoms with van der Waals surface area (Å²) >= 11 is 0. The lowest BCUT2D eigenvalue weighted by molar-refractivity contribution is -0.137. The summed E-state index contributed by atoms with van der Waals surface area (Å²) in [6, 6.07) is 10.2. The van der Waals surface area contributed by atoms with Crippen LogP contribution in [0.5, 0.6) is 11.5 Å². The molecule has 0 bridgehead atoms. The second-order valence-corrected chi connectivity index (χ2v) is 6.71. The fourth-order valence-corrected chi connectivity index (χ4v) is 2.96. The smallest absolute Gasteiger partial charge is 0.416 e. The predicted molar refractivity (Wildman–Crippen MR) is 85.1 cm³/mol. The van der Waals surface area contributed by atoms with Gasteiger partial charge in [-0.3, -0.25) is 0 Å². The fourth-order valence-electron chi connectivity index (χ4n) is 1.95. The zero-order valence-corrected chi connectivity index (χ0v) is 14.0. The van der Waals surface area contributed by atoms with Gasteiger partial charge < -0.3 is 9.47 Å². The van der Waals surface area contributed by atoms with Crippen LogP contribution in [-0.4, -0.2) is 28.7 Å². The lowest BCUT2D eigenvalue weighted by Gasteiger charge is -2.11. The lowest BCUT2D eigenvalue weighted by atomic mass is 10.2. The molecule has 136 valence electrons. The van der Waals surface area contributed by atoms with E-state index in [9.17, 15) is 21.6 Å². The van der Waals surface area contributed by atoms with Crippen molar-refractivity contribution in [3.8, 4) is 11.5 Å². The molecule has 2 aromatic carbocycles. The van der Waals surface area contributed by atoms with Crippen molar-refractivity contribution in [2.75, 3.05) is 20.3 Å². The molecular weight excluding hydrogens is 359 g/mol. The van der Waals surface area contributed by atoms with Crippen molar-refractivity contribution >= 4 is 10.0 Å². The third-order valence-corrected chi connectivity index (χ3v) is 4.67. The highest BCUT2D eigenvalue weighted by atomic mass is 32.2. The van der Waals surface area contributed by atoms with E-state index in [0.717, 1.165) is 12.1 Å². The minimum Gasteiger partial charge on any atom is -0.497 e. The highest BCUT2D eigenvalue weighted by Crippen LogP contribution is 2.31. The second kappa shape index (κ2) is 7.75. The van der Waals surface area contributed by atoms with Gasteiger partial charge in [0.15, 0.2) is 0 Å². The first-order valence-electron chi connectivity index (χ1n) is 7.16. The van der Waals surface area contributed by atoms with Crippen molar-refractivity contribution < 1.29 is 31.1 Å². The van der Waals surface area contributed by atoms with Crippen molar-refractivity contribution in [2.24, 2.45) is 0 Å². The maximum atomic E-state index is 12.6. The van der Waals surface area contributed by atoms with E-state index in [1.807, 2.05) is 0 Å². The summed E-state index contributed by atoms with van der Waals surface area (Å²) in [7, 11) is -2.27. The van der Waals surface area contributed by atoms with Crippen molar-refractivity contribution in [3.05, 3.63) is 54.1 Å². The van der Waals surface area contributed by atoms with Crippen LogP contribution in [0.25, 0.3) is 0 Å². The molecule has 0 heterocycles. The Morgan fingerprint density at radius 3 is 2.32 bits per heavy atom. The zero-order chi connectivity index (χ0) is 18.5. The summed E-state index contributed by atoms with van der Waals surface area (Å²) in [4.78, 5) is 0.0485. The molecular formula is C16H16F3NO4S. The van der Waals surface area contributed by atoms with Crippen molar-refractivity contribution in [1.82, 2.24) is 4.72 Å². The van der Waals surface area contributed by atoms with Crippen LogP contribution in [-0.2, 0) is 16.2 Å². The summed E-state index contributed by atoms with van der Waals surface area (Å²) in [5.41, 5.74) is -0.830. The summed E-state index contributed by atoms with van der Waals surface area (Å²) in [5.74, 6) is 0.533. The second-order valence-electron chi connectivity index (χ2n) is 4.95. The number of rotatable bonds is 7. The minimum atomic E-state index is -4.46. The van der Waals surface area contributed by atoms with Gasteiger partial charge in [-0.15, -0.1) is 0 Å². The Bertz CT molecular complexity index is 805. The predicted octanol–water partition coefficient (Wildman–Crippen LogP) is 3.07. The van der Waals surface area contributed by atoms with Gasteiger partial charge in [0.1, 0.15) is 18.1 Å². The number of hydrogen-bond acceptors (Lipinski definition) is 4. The lowest BCUT2D eigenvalue weighted by Crippen LogP contribution is -2.28. The van der Waals surface area contributed by atoms with Gasteiger partial charge in [0.25, 0.3) is 0 Å². The number of ether oxygens (including phenoxy) is 2. The Kier molecular flexibility index (Phi) is 5.91. The summed E-state index contributed by atoms with van der Waals surface area (Å²) in [5, 5.41) is 0. The number of methoxy groups -OCH3 is 1. The first-order valence-corrected chi connectivity index (χ1v) is 8.64. The first-order chi connectivity index (χ1) is 11.7. The molecule has 0 saturated heterocycles. The van der Waals surface area contributed by atoms with Crippen LogP contribution in [0.3, 0.4) is 0 Å². The quantitative estimate of drug-likeness (QED) is 0.756. The van der Waals surface area contributed by atoms with Crippen LogP contribution in [0.2, 0.25) is 0 Å². The maximum absolute atomic E-state index is 12.6. The SMILES string of the molecule is COc1ccc(S(=O)(=O)NCCOc2cccc(C(F)(F)F)c2)cc1. The highest BCUT2D eigenvalue weighted by Gasteiger charge is 2.30. The first kappa shape index (κ1) is 19.1. The summed E-state index contributed by atoms with van der Waals surface area (Å²) < 4.78 is 74.4. The van der Waals surface area contributed by atoms with Gasteiger partial charge in [-0.1, -0.05) is 6.07 Å². The molecule has 0 aliphatic carbocycles. The summed E-state index contributed by atoms with van der Waals surface area (Å²) in [6.45, 7) is -0.207. The van der Waals surface area contributed by atoms with Gasteiger partial charge in [0.05, 0.1) is 17.6 Å². The van der Waals surface area contributed by atoms with Crippen LogP contribution in [0.4, 0.5) is 13.2 Å². The molecule has 2 rings (SSSR count). The van der Waals surface area contributed by atoms with Crippen molar-refractivity contribution in [1.29, 1.82) is 0 Å². The Labute approximate surface area is 143 Å². The monoisotopic (exact) mass is 375 g/mol. The standard InChI is InChI=1S/C16H16F3NO4S/c1-23-13-5-7-15(8-6-13)25(21,22)20-9-10-24-14-4-2-3-12(11-14)16(17,18)19/h2-8,11,20H,9-10H2,1H3. The Balaban J connectivity index is 1.90. The molecule has 25 heavy (non-hydrogen) atoms. The molecule has 0 aromatic heterocycles. The van der Waals surface area contributed by atoms with E-state index in [4.69, 9.17) is 9.47 Å². The van der Waals surface area contributed by atoms with E-state index >= 15 is 0 Å². The minimum absolute atomic E-state index is 0.0125. The zero-order valence-electron chi connectivity index (χ0n) is 13.2. The molecule has 0 radical (unpaired) electrons. The van der Waals surface area contributed by atoms with E-state index in [0.29, 0.717) is 5.75 Å². The molecule has 0 aliphatic rings. The molecule has 0 atom stereocenters. The van der Waals surface area contributed by atoms with Crippen LogP contribution in [0, 0.1) is 0 Å². The van der Waals surface area contributed by atoms with Gasteiger partial charge in [0, 0.05) is 6.54 Å². The van der Waals surface area contributed by atoms with Gasteiger partial charge in [-0.05, 0) is 42.5 Å². The molecule has 0 amide bonds. The van der Waals surface area contributed by atoms with Gasteiger partial charge in [0.2, 0.25) is 10.0 Å². The van der Waals surface area contributed by atoms with Gasteiger partial charge in [-0.25, -0.2) is 13.1 Å². The topological polar surface area (TPSA) is 64.6 Å². The van der Waals surface area contributed by atoms with Crippen molar-refractivity contribution in [3.63, 3.8) is 0 Å². The number of nitrogens with one attached hydrogen (secondary N) is 1. The van der Waals surface area contributed by atoms with Crippen LogP contribution < -0.4 is 14.2 Å². The van der Waals surface area contributed by atoms with Gasteiger partial charge in [-0.2, -0.15) is 13.2 Å². The molecule has 0 aliphatic heterocycles. The van der Waals surface area contributed by atoms with E-state index in [1.165, 1.54) is 43.5 Å². The molecule has 0 fully saturated rings. The normalized spacial score (nSPS) is 12.0. The van der Waals surface area contributed by atoms with E-state index in [-0.39, 0.29) is 23.8 Å². The van der Waals surface area contributed by atoms with Crippen LogP contribution in [0.15, 0.2) is 53.4 Å². The largest absolute Gasteiger partial charge is 0.497 e. The number of sulfonamides is 1. The van der Waals surface area contributed by atoms with E-state index in [2.05, 4.69) is 4.72 Å². The van der Waals surface area contributed by atoms with Crippen molar-refractivity contribution in [2.45, 2.75) is 11.1 Å². The Morgan fingerprint density at radius 2 is 1.72 bits per heavy atom. The molecule has 9 heteroatoms. The van der Waals surface area contributed by atoms with E-state index < -0.39 is 21.8 Å². The molecule has 5 nitrogen and oxygen atoms in total.